The number of hydrogen-bond acceptors (Lipinski definition) is 5. The van der Waals surface area contributed by atoms with Crippen LogP contribution in [-0.2, 0) is 9.53 Å². The number of hydrogen-bond donors (Lipinski definition) is 4. The van der Waals surface area contributed by atoms with Gasteiger partial charge >= 0.3 is 6.03 Å². The molecule has 0 spiro atoms. The molecule has 0 fully saturated rings. The van der Waals surface area contributed by atoms with Crippen molar-refractivity contribution in [1.82, 2.24) is 10.6 Å². The zero-order chi connectivity index (χ0) is 19.5. The molecule has 0 saturated heterocycles. The zero-order valence-corrected chi connectivity index (χ0v) is 15.0. The van der Waals surface area contributed by atoms with Crippen LogP contribution in [0.5, 0.6) is 0 Å². The third-order valence-electron chi connectivity index (χ3n) is 3.49. The third kappa shape index (κ3) is 6.79. The molecule has 27 heavy (non-hydrogen) atoms. The van der Waals surface area contributed by atoms with Crippen LogP contribution in [0.4, 0.5) is 16.2 Å². The second-order valence-electron chi connectivity index (χ2n) is 5.52. The lowest BCUT2D eigenvalue weighted by atomic mass is 10.1. The van der Waals surface area contributed by atoms with Crippen LogP contribution in [0.25, 0.3) is 0 Å². The molecule has 0 aliphatic carbocycles. The van der Waals surface area contributed by atoms with E-state index in [0.29, 0.717) is 30.1 Å². The highest BCUT2D eigenvalue weighted by Gasteiger charge is 2.12. The summed E-state index contributed by atoms with van der Waals surface area (Å²) in [6.45, 7) is 0.620. The van der Waals surface area contributed by atoms with Gasteiger partial charge in [0.05, 0.1) is 18.7 Å². The van der Waals surface area contributed by atoms with Gasteiger partial charge in [0.25, 0.3) is 5.91 Å². The Labute approximate surface area is 157 Å². The van der Waals surface area contributed by atoms with E-state index in [1.54, 1.807) is 55.6 Å². The molecule has 0 bridgehead atoms. The number of benzene rings is 2. The number of rotatable bonds is 8. The van der Waals surface area contributed by atoms with E-state index in [2.05, 4.69) is 21.3 Å². The lowest BCUT2D eigenvalue weighted by molar-refractivity contribution is -0.118. The molecule has 8 nitrogen and oxygen atoms in total. The van der Waals surface area contributed by atoms with E-state index >= 15 is 0 Å². The van der Waals surface area contributed by atoms with Crippen LogP contribution in [0, 0.1) is 0 Å². The van der Waals surface area contributed by atoms with Gasteiger partial charge in [-0.1, -0.05) is 30.3 Å². The molecule has 0 atom stereocenters. The first kappa shape index (κ1) is 19.9. The SMILES string of the molecule is COCCNC(=O)c1ccccc1NCC(=O)NC(=O)Nc1ccccc1. The summed E-state index contributed by atoms with van der Waals surface area (Å²) < 4.78 is 4.90. The number of anilines is 2. The number of urea groups is 1. The fourth-order valence-corrected chi connectivity index (χ4v) is 2.23. The van der Waals surface area contributed by atoms with E-state index in [1.165, 1.54) is 0 Å². The van der Waals surface area contributed by atoms with E-state index in [4.69, 9.17) is 4.74 Å². The normalized spacial score (nSPS) is 9.96. The van der Waals surface area contributed by atoms with Crippen LogP contribution in [0.1, 0.15) is 10.4 Å². The summed E-state index contributed by atoms with van der Waals surface area (Å²) in [7, 11) is 1.55. The molecule has 4 N–H and O–H groups in total. The molecule has 0 aromatic heterocycles. The van der Waals surface area contributed by atoms with E-state index in [1.807, 2.05) is 6.07 Å². The monoisotopic (exact) mass is 370 g/mol. The van der Waals surface area contributed by atoms with Crippen LogP contribution in [-0.4, -0.2) is 44.7 Å². The van der Waals surface area contributed by atoms with E-state index in [0.717, 1.165) is 0 Å². The molecule has 0 unspecified atom stereocenters. The fraction of sp³-hybridized carbons (Fsp3) is 0.211. The van der Waals surface area contributed by atoms with Crippen molar-refractivity contribution in [2.45, 2.75) is 0 Å². The highest BCUT2D eigenvalue weighted by molar-refractivity contribution is 6.03. The quantitative estimate of drug-likeness (QED) is 0.530. The van der Waals surface area contributed by atoms with Crippen LogP contribution in [0.2, 0.25) is 0 Å². The fourth-order valence-electron chi connectivity index (χ4n) is 2.23. The van der Waals surface area contributed by atoms with Gasteiger partial charge in [0.15, 0.2) is 0 Å². The molecule has 142 valence electrons. The van der Waals surface area contributed by atoms with E-state index in [9.17, 15) is 14.4 Å². The van der Waals surface area contributed by atoms with Crippen molar-refractivity contribution in [3.8, 4) is 0 Å². The summed E-state index contributed by atoms with van der Waals surface area (Å²) in [6, 6.07) is 15.0. The molecule has 2 rings (SSSR count). The minimum atomic E-state index is -0.626. The summed E-state index contributed by atoms with van der Waals surface area (Å²) in [5.74, 6) is -0.810. The molecule has 8 heteroatoms. The van der Waals surface area contributed by atoms with Gasteiger partial charge in [-0.3, -0.25) is 14.9 Å². The molecule has 0 aliphatic heterocycles. The van der Waals surface area contributed by atoms with Gasteiger partial charge in [-0.25, -0.2) is 4.79 Å². The van der Waals surface area contributed by atoms with Gasteiger partial charge in [0.1, 0.15) is 0 Å². The Morgan fingerprint density at radius 1 is 0.963 bits per heavy atom. The summed E-state index contributed by atoms with van der Waals surface area (Å²) >= 11 is 0. The molecule has 0 radical (unpaired) electrons. The topological polar surface area (TPSA) is 109 Å². The minimum absolute atomic E-state index is 0.162. The van der Waals surface area contributed by atoms with Crippen molar-refractivity contribution in [2.24, 2.45) is 0 Å². The van der Waals surface area contributed by atoms with Gasteiger partial charge in [-0.2, -0.15) is 0 Å². The Balaban J connectivity index is 1.86. The number of para-hydroxylation sites is 2. The number of ether oxygens (including phenoxy) is 1. The summed E-state index contributed by atoms with van der Waals surface area (Å²) in [6.07, 6.45) is 0. The standard InChI is InChI=1S/C19H22N4O4/c1-27-12-11-20-18(25)15-9-5-6-10-16(15)21-13-17(24)23-19(26)22-14-7-3-2-4-8-14/h2-10,21H,11-13H2,1H3,(H,20,25)(H2,22,23,24,26). The number of carbonyl (C=O) groups is 3. The number of imide groups is 1. The maximum absolute atomic E-state index is 12.2. The molecule has 2 aromatic rings. The van der Waals surface area contributed by atoms with Gasteiger partial charge in [-0.05, 0) is 24.3 Å². The summed E-state index contributed by atoms with van der Waals surface area (Å²) in [4.78, 5) is 36.0. The molecule has 2 aromatic carbocycles. The first-order chi connectivity index (χ1) is 13.1. The number of methoxy groups -OCH3 is 1. The predicted octanol–water partition coefficient (Wildman–Crippen LogP) is 1.82. The first-order valence-corrected chi connectivity index (χ1v) is 8.36. The minimum Gasteiger partial charge on any atom is -0.383 e. The van der Waals surface area contributed by atoms with Crippen LogP contribution < -0.4 is 21.3 Å². The third-order valence-corrected chi connectivity index (χ3v) is 3.49. The summed E-state index contributed by atoms with van der Waals surface area (Å²) in [5, 5.41) is 10.4. The Hall–Kier alpha value is -3.39. The van der Waals surface area contributed by atoms with E-state index < -0.39 is 11.9 Å². The van der Waals surface area contributed by atoms with Crippen molar-refractivity contribution < 1.29 is 19.1 Å². The molecule has 0 heterocycles. The highest BCUT2D eigenvalue weighted by Crippen LogP contribution is 2.14. The lowest BCUT2D eigenvalue weighted by Gasteiger charge is -2.12. The second-order valence-corrected chi connectivity index (χ2v) is 5.52. The Morgan fingerprint density at radius 2 is 1.67 bits per heavy atom. The number of nitrogens with one attached hydrogen (secondary N) is 4. The van der Waals surface area contributed by atoms with Crippen molar-refractivity contribution >= 4 is 29.2 Å². The maximum atomic E-state index is 12.2. The molecular formula is C19H22N4O4. The molecular weight excluding hydrogens is 348 g/mol. The smallest absolute Gasteiger partial charge is 0.325 e. The van der Waals surface area contributed by atoms with Crippen molar-refractivity contribution in [3.63, 3.8) is 0 Å². The van der Waals surface area contributed by atoms with Crippen molar-refractivity contribution in [2.75, 3.05) is 37.4 Å². The van der Waals surface area contributed by atoms with Gasteiger partial charge in [0.2, 0.25) is 5.91 Å². The number of amides is 4. The average Bonchev–Trinajstić information content (AvgIpc) is 2.67. The first-order valence-electron chi connectivity index (χ1n) is 8.36. The van der Waals surface area contributed by atoms with Crippen molar-refractivity contribution in [3.05, 3.63) is 60.2 Å². The average molecular weight is 370 g/mol. The van der Waals surface area contributed by atoms with E-state index in [-0.39, 0.29) is 12.5 Å². The van der Waals surface area contributed by atoms with Gasteiger partial charge < -0.3 is 20.7 Å². The Morgan fingerprint density at radius 3 is 2.41 bits per heavy atom. The Bertz CT molecular complexity index is 780. The maximum Gasteiger partial charge on any atom is 0.325 e. The number of carbonyl (C=O) groups excluding carboxylic acids is 3. The zero-order valence-electron chi connectivity index (χ0n) is 15.0. The van der Waals surface area contributed by atoms with Crippen LogP contribution >= 0.6 is 0 Å². The molecule has 0 saturated carbocycles. The van der Waals surface area contributed by atoms with Gasteiger partial charge in [-0.15, -0.1) is 0 Å². The lowest BCUT2D eigenvalue weighted by Crippen LogP contribution is -2.38. The molecule has 0 aliphatic rings. The van der Waals surface area contributed by atoms with Crippen LogP contribution in [0.15, 0.2) is 54.6 Å². The summed E-state index contributed by atoms with van der Waals surface area (Å²) in [5.41, 5.74) is 1.47. The van der Waals surface area contributed by atoms with Gasteiger partial charge in [0, 0.05) is 25.0 Å². The largest absolute Gasteiger partial charge is 0.383 e. The van der Waals surface area contributed by atoms with Crippen molar-refractivity contribution in [1.29, 1.82) is 0 Å². The Kier molecular flexibility index (Phi) is 7.80. The predicted molar refractivity (Wildman–Crippen MR) is 103 cm³/mol. The van der Waals surface area contributed by atoms with Crippen LogP contribution in [0.3, 0.4) is 0 Å². The second kappa shape index (κ2) is 10.6. The molecule has 4 amide bonds. The highest BCUT2D eigenvalue weighted by atomic mass is 16.5.